The lowest BCUT2D eigenvalue weighted by molar-refractivity contribution is -0.143. The van der Waals surface area contributed by atoms with Crippen molar-refractivity contribution in [3.05, 3.63) is 57.0 Å². The van der Waals surface area contributed by atoms with Gasteiger partial charge in [0.25, 0.3) is 5.91 Å². The Morgan fingerprint density at radius 1 is 1.21 bits per heavy atom. The highest BCUT2D eigenvalue weighted by Crippen LogP contribution is 2.30. The minimum Gasteiger partial charge on any atom is -0.468 e. The average Bonchev–Trinajstić information content (AvgIpc) is 3.07. The number of carbonyl (C=O) groups is 3. The van der Waals surface area contributed by atoms with Gasteiger partial charge in [0.1, 0.15) is 12.2 Å². The lowest BCUT2D eigenvalue weighted by Crippen LogP contribution is -2.36. The fourth-order valence-electron chi connectivity index (χ4n) is 3.03. The second-order valence-electron chi connectivity index (χ2n) is 6.21. The molecule has 1 aliphatic rings. The van der Waals surface area contributed by atoms with Gasteiger partial charge in [0.15, 0.2) is 0 Å². The Labute approximate surface area is 171 Å². The van der Waals surface area contributed by atoms with Gasteiger partial charge in [0.05, 0.1) is 17.8 Å². The summed E-state index contributed by atoms with van der Waals surface area (Å²) in [6.45, 7) is 3.31. The molecule has 1 aliphatic heterocycles. The molecular formula is C19H17Cl2N3O4. The van der Waals surface area contributed by atoms with Gasteiger partial charge in [-0.05, 0) is 49.8 Å². The summed E-state index contributed by atoms with van der Waals surface area (Å²) in [5.41, 5.74) is 3.19. The van der Waals surface area contributed by atoms with E-state index in [1.54, 1.807) is 24.3 Å². The molecule has 7 nitrogen and oxygen atoms in total. The molecule has 1 fully saturated rings. The maximum atomic E-state index is 12.5. The summed E-state index contributed by atoms with van der Waals surface area (Å²) >= 11 is 12.4. The maximum Gasteiger partial charge on any atom is 0.329 e. The van der Waals surface area contributed by atoms with Gasteiger partial charge in [-0.15, -0.1) is 0 Å². The number of rotatable bonds is 4. The van der Waals surface area contributed by atoms with Gasteiger partial charge >= 0.3 is 12.0 Å². The number of ether oxygens (including phenoxy) is 1. The Morgan fingerprint density at radius 2 is 1.93 bits per heavy atom. The van der Waals surface area contributed by atoms with Gasteiger partial charge in [-0.3, -0.25) is 9.59 Å². The molecular weight excluding hydrogens is 405 g/mol. The molecule has 0 aliphatic carbocycles. The molecule has 0 unspecified atom stereocenters. The van der Waals surface area contributed by atoms with Gasteiger partial charge < -0.3 is 14.6 Å². The zero-order chi connectivity index (χ0) is 20.6. The molecule has 2 heterocycles. The molecule has 3 rings (SSSR count). The number of imide groups is 1. The van der Waals surface area contributed by atoms with Crippen LogP contribution in [-0.4, -0.2) is 41.0 Å². The molecule has 9 heteroatoms. The summed E-state index contributed by atoms with van der Waals surface area (Å²) in [5.74, 6) is -1.28. The van der Waals surface area contributed by atoms with E-state index < -0.39 is 24.5 Å². The Kier molecular flexibility index (Phi) is 5.49. The molecule has 146 valence electrons. The zero-order valence-electron chi connectivity index (χ0n) is 15.4. The standard InChI is InChI=1S/C19H17Cl2N3O4/c1-10-6-12(11(2)24(10)16-8-13(20)4-5-14(16)21)7-15-18(26)23(19(27)22-15)9-17(25)28-3/h4-8H,9H2,1-3H3,(H,22,27). The second-order valence-corrected chi connectivity index (χ2v) is 7.06. The summed E-state index contributed by atoms with van der Waals surface area (Å²) in [6.07, 6.45) is 1.56. The fourth-order valence-corrected chi connectivity index (χ4v) is 3.39. The molecule has 2 aromatic rings. The van der Waals surface area contributed by atoms with Crippen molar-refractivity contribution >= 4 is 47.2 Å². The smallest absolute Gasteiger partial charge is 0.329 e. The molecule has 0 saturated carbocycles. The van der Waals surface area contributed by atoms with E-state index in [2.05, 4.69) is 10.1 Å². The molecule has 1 aromatic heterocycles. The van der Waals surface area contributed by atoms with Crippen LogP contribution in [0.3, 0.4) is 0 Å². The largest absolute Gasteiger partial charge is 0.468 e. The summed E-state index contributed by atoms with van der Waals surface area (Å²) in [4.78, 5) is 36.7. The molecule has 0 atom stereocenters. The number of hydrogen-bond acceptors (Lipinski definition) is 4. The van der Waals surface area contributed by atoms with Crippen molar-refractivity contribution in [3.8, 4) is 5.69 Å². The highest BCUT2D eigenvalue weighted by molar-refractivity contribution is 6.34. The van der Waals surface area contributed by atoms with Gasteiger partial charge in [0.2, 0.25) is 0 Å². The number of aromatic nitrogens is 1. The maximum absolute atomic E-state index is 12.5. The van der Waals surface area contributed by atoms with Gasteiger partial charge in [-0.2, -0.15) is 0 Å². The second kappa shape index (κ2) is 7.69. The first-order valence-corrected chi connectivity index (χ1v) is 9.04. The van der Waals surface area contributed by atoms with Crippen LogP contribution in [0, 0.1) is 13.8 Å². The highest BCUT2D eigenvalue weighted by atomic mass is 35.5. The minimum atomic E-state index is -0.682. The number of esters is 1. The number of nitrogens with one attached hydrogen (secondary N) is 1. The molecule has 0 radical (unpaired) electrons. The van der Waals surface area contributed by atoms with Crippen LogP contribution >= 0.6 is 23.2 Å². The zero-order valence-corrected chi connectivity index (χ0v) is 16.9. The number of aryl methyl sites for hydroxylation is 1. The lowest BCUT2D eigenvalue weighted by atomic mass is 10.2. The van der Waals surface area contributed by atoms with Crippen molar-refractivity contribution in [2.45, 2.75) is 13.8 Å². The van der Waals surface area contributed by atoms with Crippen molar-refractivity contribution < 1.29 is 19.1 Å². The van der Waals surface area contributed by atoms with E-state index >= 15 is 0 Å². The third kappa shape index (κ3) is 3.63. The number of methoxy groups -OCH3 is 1. The number of hydrogen-bond donors (Lipinski definition) is 1. The van der Waals surface area contributed by atoms with E-state index in [0.29, 0.717) is 15.7 Å². The third-order valence-electron chi connectivity index (χ3n) is 4.40. The molecule has 1 N–H and O–H groups in total. The molecule has 28 heavy (non-hydrogen) atoms. The Balaban J connectivity index is 1.98. The van der Waals surface area contributed by atoms with Gasteiger partial charge in [-0.1, -0.05) is 23.2 Å². The first kappa shape index (κ1) is 20.0. The van der Waals surface area contributed by atoms with Crippen LogP contribution in [0.25, 0.3) is 11.8 Å². The SMILES string of the molecule is COC(=O)CN1C(=O)NC(=Cc2cc(C)n(-c3cc(Cl)ccc3Cl)c2C)C1=O. The summed E-state index contributed by atoms with van der Waals surface area (Å²) in [7, 11) is 1.19. The van der Waals surface area contributed by atoms with Crippen molar-refractivity contribution in [3.63, 3.8) is 0 Å². The van der Waals surface area contributed by atoms with E-state index in [9.17, 15) is 14.4 Å². The Hall–Kier alpha value is -2.77. The fraction of sp³-hybridized carbons (Fsp3) is 0.211. The Morgan fingerprint density at radius 3 is 2.61 bits per heavy atom. The molecule has 1 aromatic carbocycles. The first-order valence-electron chi connectivity index (χ1n) is 8.28. The van der Waals surface area contributed by atoms with Crippen LogP contribution in [0.4, 0.5) is 4.79 Å². The predicted molar refractivity (Wildman–Crippen MR) is 106 cm³/mol. The Bertz CT molecular complexity index is 1030. The highest BCUT2D eigenvalue weighted by Gasteiger charge is 2.35. The van der Waals surface area contributed by atoms with Crippen molar-refractivity contribution in [2.24, 2.45) is 0 Å². The predicted octanol–water partition coefficient (Wildman–Crippen LogP) is 3.47. The van der Waals surface area contributed by atoms with Crippen molar-refractivity contribution in [1.82, 2.24) is 14.8 Å². The molecule has 0 bridgehead atoms. The van der Waals surface area contributed by atoms with Crippen LogP contribution in [0.15, 0.2) is 30.0 Å². The lowest BCUT2D eigenvalue weighted by Gasteiger charge is -2.12. The number of nitrogens with zero attached hydrogens (tertiary/aromatic N) is 2. The average molecular weight is 422 g/mol. The molecule has 1 saturated heterocycles. The molecule has 3 amide bonds. The topological polar surface area (TPSA) is 80.6 Å². The number of benzene rings is 1. The number of halogens is 2. The minimum absolute atomic E-state index is 0.0753. The van der Waals surface area contributed by atoms with Crippen LogP contribution in [-0.2, 0) is 14.3 Å². The third-order valence-corrected chi connectivity index (χ3v) is 4.95. The summed E-state index contributed by atoms with van der Waals surface area (Å²) < 4.78 is 6.42. The van der Waals surface area contributed by atoms with E-state index in [1.807, 2.05) is 24.5 Å². The van der Waals surface area contributed by atoms with Crippen molar-refractivity contribution in [2.75, 3.05) is 13.7 Å². The van der Waals surface area contributed by atoms with Crippen LogP contribution in [0.1, 0.15) is 17.0 Å². The quantitative estimate of drug-likeness (QED) is 0.465. The van der Waals surface area contributed by atoms with Crippen LogP contribution in [0.2, 0.25) is 10.0 Å². The van der Waals surface area contributed by atoms with Gasteiger partial charge in [-0.25, -0.2) is 9.69 Å². The number of urea groups is 1. The van der Waals surface area contributed by atoms with E-state index in [4.69, 9.17) is 23.2 Å². The summed E-state index contributed by atoms with van der Waals surface area (Å²) in [5, 5.41) is 3.55. The summed E-state index contributed by atoms with van der Waals surface area (Å²) in [6, 6.07) is 6.35. The normalized spacial score (nSPS) is 15.3. The monoisotopic (exact) mass is 421 g/mol. The van der Waals surface area contributed by atoms with Crippen LogP contribution in [0.5, 0.6) is 0 Å². The van der Waals surface area contributed by atoms with Gasteiger partial charge in [0, 0.05) is 16.4 Å². The van der Waals surface area contributed by atoms with Crippen LogP contribution < -0.4 is 5.32 Å². The number of carbonyl (C=O) groups excluding carboxylic acids is 3. The number of amides is 3. The first-order chi connectivity index (χ1) is 13.2. The van der Waals surface area contributed by atoms with E-state index in [-0.39, 0.29) is 5.70 Å². The molecule has 0 spiro atoms. The van der Waals surface area contributed by atoms with E-state index in [0.717, 1.165) is 21.9 Å². The van der Waals surface area contributed by atoms with E-state index in [1.165, 1.54) is 7.11 Å². The van der Waals surface area contributed by atoms with Crippen molar-refractivity contribution in [1.29, 1.82) is 0 Å².